The zero-order valence-electron chi connectivity index (χ0n) is 15.8. The molecule has 7 nitrogen and oxygen atoms in total. The molecule has 1 fully saturated rings. The Kier molecular flexibility index (Phi) is 9.01. The molecule has 8 heteroatoms. The molecule has 1 heterocycles. The molecule has 0 aromatic carbocycles. The molecule has 24 heavy (non-hydrogen) atoms. The lowest BCUT2D eigenvalue weighted by molar-refractivity contribution is 0.0904. The van der Waals surface area contributed by atoms with Gasteiger partial charge in [-0.05, 0) is 26.2 Å². The SMILES string of the molecule is CN=C(NCCC(C)C)N1CCN(S(=O)(=O)CCOC(C)C)CC1. The van der Waals surface area contributed by atoms with Gasteiger partial charge in [-0.15, -0.1) is 0 Å². The molecule has 1 N–H and O–H groups in total. The van der Waals surface area contributed by atoms with Crippen LogP contribution in [-0.4, -0.2) is 81.8 Å². The second-order valence-corrected chi connectivity index (χ2v) is 8.87. The monoisotopic (exact) mass is 362 g/mol. The lowest BCUT2D eigenvalue weighted by Gasteiger charge is -2.36. The van der Waals surface area contributed by atoms with E-state index in [-0.39, 0.29) is 18.5 Å². The van der Waals surface area contributed by atoms with E-state index in [1.54, 1.807) is 11.4 Å². The van der Waals surface area contributed by atoms with E-state index in [2.05, 4.69) is 29.1 Å². The first-order valence-electron chi connectivity index (χ1n) is 8.81. The molecule has 0 amide bonds. The fourth-order valence-electron chi connectivity index (χ4n) is 2.50. The van der Waals surface area contributed by atoms with Crippen LogP contribution in [0.25, 0.3) is 0 Å². The Balaban J connectivity index is 2.44. The average molecular weight is 363 g/mol. The number of rotatable bonds is 8. The van der Waals surface area contributed by atoms with Crippen molar-refractivity contribution in [2.45, 2.75) is 40.2 Å². The number of nitrogens with zero attached hydrogens (tertiary/aromatic N) is 3. The van der Waals surface area contributed by atoms with Gasteiger partial charge >= 0.3 is 0 Å². The van der Waals surface area contributed by atoms with E-state index in [1.165, 1.54) is 0 Å². The third-order valence-corrected chi connectivity index (χ3v) is 5.78. The van der Waals surface area contributed by atoms with E-state index in [0.29, 0.717) is 32.1 Å². The van der Waals surface area contributed by atoms with E-state index in [9.17, 15) is 8.42 Å². The maximum atomic E-state index is 12.3. The van der Waals surface area contributed by atoms with Crippen LogP contribution in [0.2, 0.25) is 0 Å². The topological polar surface area (TPSA) is 74.2 Å². The zero-order chi connectivity index (χ0) is 18.2. The lowest BCUT2D eigenvalue weighted by atomic mass is 10.1. The summed E-state index contributed by atoms with van der Waals surface area (Å²) < 4.78 is 31.6. The second-order valence-electron chi connectivity index (χ2n) is 6.78. The minimum atomic E-state index is -3.24. The Morgan fingerprint density at radius 2 is 1.79 bits per heavy atom. The highest BCUT2D eigenvalue weighted by molar-refractivity contribution is 7.89. The summed E-state index contributed by atoms with van der Waals surface area (Å²) in [5.41, 5.74) is 0. The summed E-state index contributed by atoms with van der Waals surface area (Å²) in [7, 11) is -1.47. The third-order valence-electron chi connectivity index (χ3n) is 3.94. The first kappa shape index (κ1) is 21.2. The quantitative estimate of drug-likeness (QED) is 0.515. The molecule has 0 aliphatic carbocycles. The Morgan fingerprint density at radius 3 is 2.29 bits per heavy atom. The van der Waals surface area contributed by atoms with Crippen LogP contribution in [0.3, 0.4) is 0 Å². The highest BCUT2D eigenvalue weighted by atomic mass is 32.2. The van der Waals surface area contributed by atoms with Crippen LogP contribution in [0.5, 0.6) is 0 Å². The average Bonchev–Trinajstić information content (AvgIpc) is 2.51. The van der Waals surface area contributed by atoms with Crippen molar-refractivity contribution < 1.29 is 13.2 Å². The number of piperazine rings is 1. The van der Waals surface area contributed by atoms with Gasteiger partial charge in [-0.25, -0.2) is 8.42 Å². The third kappa shape index (κ3) is 7.36. The molecule has 1 rings (SSSR count). The molecule has 0 radical (unpaired) electrons. The maximum Gasteiger partial charge on any atom is 0.216 e. The lowest BCUT2D eigenvalue weighted by Crippen LogP contribution is -2.54. The van der Waals surface area contributed by atoms with Crippen molar-refractivity contribution >= 4 is 16.0 Å². The van der Waals surface area contributed by atoms with Gasteiger partial charge in [0, 0.05) is 39.8 Å². The fourth-order valence-corrected chi connectivity index (χ4v) is 3.79. The van der Waals surface area contributed by atoms with E-state index in [1.807, 2.05) is 13.8 Å². The molecule has 0 unspecified atom stereocenters. The molecule has 0 saturated carbocycles. The van der Waals surface area contributed by atoms with Crippen molar-refractivity contribution in [2.24, 2.45) is 10.9 Å². The number of guanidine groups is 1. The van der Waals surface area contributed by atoms with Crippen molar-refractivity contribution in [1.29, 1.82) is 0 Å². The van der Waals surface area contributed by atoms with Crippen LogP contribution in [0.4, 0.5) is 0 Å². The number of hydrogen-bond acceptors (Lipinski definition) is 4. The van der Waals surface area contributed by atoms with Crippen molar-refractivity contribution in [1.82, 2.24) is 14.5 Å². The summed E-state index contributed by atoms with van der Waals surface area (Å²) in [4.78, 5) is 6.43. The van der Waals surface area contributed by atoms with E-state index < -0.39 is 10.0 Å². The van der Waals surface area contributed by atoms with Gasteiger partial charge in [-0.3, -0.25) is 4.99 Å². The fraction of sp³-hybridized carbons (Fsp3) is 0.938. The number of nitrogens with one attached hydrogen (secondary N) is 1. The largest absolute Gasteiger partial charge is 0.378 e. The summed E-state index contributed by atoms with van der Waals surface area (Å²) in [5.74, 6) is 1.55. The molecule has 0 spiro atoms. The van der Waals surface area contributed by atoms with Gasteiger partial charge in [0.2, 0.25) is 10.0 Å². The number of sulfonamides is 1. The van der Waals surface area contributed by atoms with E-state index in [0.717, 1.165) is 18.9 Å². The number of aliphatic imine (C=N–C) groups is 1. The molecule has 142 valence electrons. The summed E-state index contributed by atoms with van der Waals surface area (Å²) in [6.45, 7) is 11.6. The second kappa shape index (κ2) is 10.2. The van der Waals surface area contributed by atoms with Gasteiger partial charge in [0.05, 0.1) is 18.5 Å². The summed E-state index contributed by atoms with van der Waals surface area (Å²) in [6.07, 6.45) is 1.14. The Labute approximate surface area is 147 Å². The van der Waals surface area contributed by atoms with Crippen LogP contribution in [0, 0.1) is 5.92 Å². The molecule has 0 atom stereocenters. The van der Waals surface area contributed by atoms with Gasteiger partial charge in [-0.1, -0.05) is 13.8 Å². The maximum absolute atomic E-state index is 12.3. The van der Waals surface area contributed by atoms with Crippen LogP contribution >= 0.6 is 0 Å². The molecule has 0 aromatic heterocycles. The Morgan fingerprint density at radius 1 is 1.17 bits per heavy atom. The first-order valence-corrected chi connectivity index (χ1v) is 10.4. The van der Waals surface area contributed by atoms with Crippen molar-refractivity contribution in [3.8, 4) is 0 Å². The molecule has 1 aliphatic rings. The molecule has 1 saturated heterocycles. The Bertz CT molecular complexity index is 484. The van der Waals surface area contributed by atoms with E-state index in [4.69, 9.17) is 4.74 Å². The van der Waals surface area contributed by atoms with Crippen molar-refractivity contribution in [2.75, 3.05) is 52.1 Å². The summed E-state index contributed by atoms with van der Waals surface area (Å²) >= 11 is 0. The van der Waals surface area contributed by atoms with Crippen molar-refractivity contribution in [3.63, 3.8) is 0 Å². The number of ether oxygens (including phenoxy) is 1. The van der Waals surface area contributed by atoms with Gasteiger partial charge < -0.3 is 15.0 Å². The van der Waals surface area contributed by atoms with Crippen LogP contribution in [0.1, 0.15) is 34.1 Å². The van der Waals surface area contributed by atoms with Gasteiger partial charge in [0.25, 0.3) is 0 Å². The van der Waals surface area contributed by atoms with E-state index >= 15 is 0 Å². The first-order chi connectivity index (χ1) is 11.3. The predicted molar refractivity (Wildman–Crippen MR) is 98.8 cm³/mol. The standard InChI is InChI=1S/C16H34N4O3S/c1-14(2)6-7-18-16(17-5)19-8-10-20(11-9-19)24(21,22)13-12-23-15(3)4/h14-15H,6-13H2,1-5H3,(H,17,18). The minimum absolute atomic E-state index is 0.0482. The van der Waals surface area contributed by atoms with Crippen LogP contribution in [-0.2, 0) is 14.8 Å². The summed E-state index contributed by atoms with van der Waals surface area (Å²) in [5, 5.41) is 3.36. The normalized spacial score (nSPS) is 17.8. The number of hydrogen-bond donors (Lipinski definition) is 1. The van der Waals surface area contributed by atoms with Crippen LogP contribution in [0.15, 0.2) is 4.99 Å². The minimum Gasteiger partial charge on any atom is -0.378 e. The van der Waals surface area contributed by atoms with Crippen LogP contribution < -0.4 is 5.32 Å². The van der Waals surface area contributed by atoms with Gasteiger partial charge in [0.1, 0.15) is 0 Å². The highest BCUT2D eigenvalue weighted by Crippen LogP contribution is 2.09. The molecule has 0 bridgehead atoms. The highest BCUT2D eigenvalue weighted by Gasteiger charge is 2.27. The summed E-state index contributed by atoms with van der Waals surface area (Å²) in [6, 6.07) is 0. The zero-order valence-corrected chi connectivity index (χ0v) is 16.6. The molecule has 0 aromatic rings. The van der Waals surface area contributed by atoms with Gasteiger partial charge in [0.15, 0.2) is 5.96 Å². The van der Waals surface area contributed by atoms with Crippen molar-refractivity contribution in [3.05, 3.63) is 0 Å². The Hall–Kier alpha value is -0.860. The smallest absolute Gasteiger partial charge is 0.216 e. The molecule has 1 aliphatic heterocycles. The van der Waals surface area contributed by atoms with Gasteiger partial charge in [-0.2, -0.15) is 4.31 Å². The molecular formula is C16H34N4O3S. The predicted octanol–water partition coefficient (Wildman–Crippen LogP) is 0.980. The molecular weight excluding hydrogens is 328 g/mol.